The van der Waals surface area contributed by atoms with Gasteiger partial charge in [0.25, 0.3) is 0 Å². The fourth-order valence-corrected chi connectivity index (χ4v) is 2.43. The highest BCUT2D eigenvalue weighted by Crippen LogP contribution is 2.21. The fourth-order valence-electron chi connectivity index (χ4n) is 2.43. The van der Waals surface area contributed by atoms with Crippen molar-refractivity contribution in [2.75, 3.05) is 37.7 Å². The second kappa shape index (κ2) is 8.72. The summed E-state index contributed by atoms with van der Waals surface area (Å²) in [6, 6.07) is 5.25. The molecule has 3 N–H and O–H groups in total. The van der Waals surface area contributed by atoms with Gasteiger partial charge in [-0.15, -0.1) is 0 Å². The van der Waals surface area contributed by atoms with E-state index in [4.69, 9.17) is 10.5 Å². The molecule has 23 heavy (non-hydrogen) atoms. The summed E-state index contributed by atoms with van der Waals surface area (Å²) in [5.41, 5.74) is 7.26. The molecule has 0 saturated carbocycles. The summed E-state index contributed by atoms with van der Waals surface area (Å²) in [4.78, 5) is 6.27. The Morgan fingerprint density at radius 1 is 1.39 bits per heavy atom. The van der Waals surface area contributed by atoms with Crippen molar-refractivity contribution in [1.29, 1.82) is 0 Å². The number of anilines is 1. The number of benzene rings is 1. The van der Waals surface area contributed by atoms with Crippen molar-refractivity contribution in [1.82, 2.24) is 5.32 Å². The number of guanidine groups is 1. The predicted molar refractivity (Wildman–Crippen MR) is 92.2 cm³/mol. The molecule has 1 heterocycles. The van der Waals surface area contributed by atoms with Crippen molar-refractivity contribution in [2.45, 2.75) is 26.8 Å². The molecule has 5 nitrogen and oxygen atoms in total. The van der Waals surface area contributed by atoms with Crippen LogP contribution in [0.3, 0.4) is 0 Å². The molecule has 6 heteroatoms. The number of morpholine rings is 1. The van der Waals surface area contributed by atoms with Crippen LogP contribution in [0.4, 0.5) is 10.1 Å². The topological polar surface area (TPSA) is 62.9 Å². The molecule has 1 saturated heterocycles. The summed E-state index contributed by atoms with van der Waals surface area (Å²) in [7, 11) is 0. The van der Waals surface area contributed by atoms with Gasteiger partial charge in [-0.2, -0.15) is 0 Å². The van der Waals surface area contributed by atoms with Crippen molar-refractivity contribution in [3.05, 3.63) is 29.6 Å². The van der Waals surface area contributed by atoms with Crippen LogP contribution >= 0.6 is 0 Å². The summed E-state index contributed by atoms with van der Waals surface area (Å²) >= 11 is 0. The summed E-state index contributed by atoms with van der Waals surface area (Å²) in [6.07, 6.45) is 1.04. The molecule has 0 radical (unpaired) electrons. The van der Waals surface area contributed by atoms with Crippen LogP contribution in [-0.2, 0) is 11.3 Å². The number of ether oxygens (including phenoxy) is 1. The molecule has 0 bridgehead atoms. The number of hydrogen-bond donors (Lipinski definition) is 2. The molecule has 0 atom stereocenters. The molecule has 0 spiro atoms. The Morgan fingerprint density at radius 3 is 2.78 bits per heavy atom. The van der Waals surface area contributed by atoms with Gasteiger partial charge in [0.15, 0.2) is 5.96 Å². The van der Waals surface area contributed by atoms with E-state index in [0.717, 1.165) is 31.6 Å². The lowest BCUT2D eigenvalue weighted by Crippen LogP contribution is -2.36. The second-order valence-corrected chi connectivity index (χ2v) is 6.20. The van der Waals surface area contributed by atoms with Crippen LogP contribution in [0, 0.1) is 11.7 Å². The van der Waals surface area contributed by atoms with Gasteiger partial charge in [-0.3, -0.25) is 0 Å². The third kappa shape index (κ3) is 5.71. The summed E-state index contributed by atoms with van der Waals surface area (Å²) in [5, 5.41) is 3.07. The molecule has 0 aliphatic carbocycles. The van der Waals surface area contributed by atoms with Crippen LogP contribution in [0.2, 0.25) is 0 Å². The minimum Gasteiger partial charge on any atom is -0.378 e. The average Bonchev–Trinajstić information content (AvgIpc) is 2.53. The highest BCUT2D eigenvalue weighted by Gasteiger charge is 2.15. The molecule has 1 aliphatic heterocycles. The maximum atomic E-state index is 14.3. The van der Waals surface area contributed by atoms with Crippen molar-refractivity contribution in [3.8, 4) is 0 Å². The van der Waals surface area contributed by atoms with E-state index in [9.17, 15) is 4.39 Å². The van der Waals surface area contributed by atoms with Gasteiger partial charge in [-0.1, -0.05) is 19.9 Å². The molecule has 128 valence electrons. The maximum absolute atomic E-state index is 14.3. The first-order valence-corrected chi connectivity index (χ1v) is 8.21. The smallest absolute Gasteiger partial charge is 0.188 e. The number of nitrogens with zero attached hydrogens (tertiary/aromatic N) is 2. The lowest BCUT2D eigenvalue weighted by atomic mass is 10.1. The fraction of sp³-hybridized carbons (Fsp3) is 0.588. The Hall–Kier alpha value is -1.82. The Morgan fingerprint density at radius 2 is 2.13 bits per heavy atom. The molecule has 0 aromatic heterocycles. The standard InChI is InChI=1S/C17H27FN4O/c1-13(2)5-6-20-17(19)21-12-14-3-4-16(15(18)11-14)22-7-9-23-10-8-22/h3-4,11,13H,5-10,12H2,1-2H3,(H3,19,20,21). The van der Waals surface area contributed by atoms with Crippen molar-refractivity contribution >= 4 is 11.6 Å². The molecule has 1 aromatic rings. The zero-order valence-electron chi connectivity index (χ0n) is 14.0. The summed E-state index contributed by atoms with van der Waals surface area (Å²) in [5.74, 6) is 0.811. The van der Waals surface area contributed by atoms with Crippen molar-refractivity contribution in [2.24, 2.45) is 16.6 Å². The van der Waals surface area contributed by atoms with E-state index in [1.807, 2.05) is 17.0 Å². The second-order valence-electron chi connectivity index (χ2n) is 6.20. The third-order valence-corrected chi connectivity index (χ3v) is 3.82. The SMILES string of the molecule is CC(C)CCNC(N)=NCc1ccc(N2CCOCC2)c(F)c1. The number of rotatable bonds is 6. The number of halogens is 1. The van der Waals surface area contributed by atoms with Gasteiger partial charge in [0.2, 0.25) is 0 Å². The first-order valence-electron chi connectivity index (χ1n) is 8.21. The summed E-state index contributed by atoms with van der Waals surface area (Å²) in [6.45, 7) is 8.23. The van der Waals surface area contributed by atoms with E-state index in [1.54, 1.807) is 0 Å². The quantitative estimate of drug-likeness (QED) is 0.622. The van der Waals surface area contributed by atoms with E-state index in [2.05, 4.69) is 24.2 Å². The zero-order chi connectivity index (χ0) is 16.7. The summed E-state index contributed by atoms with van der Waals surface area (Å²) < 4.78 is 19.6. The third-order valence-electron chi connectivity index (χ3n) is 3.82. The van der Waals surface area contributed by atoms with Gasteiger partial charge >= 0.3 is 0 Å². The molecule has 2 rings (SSSR count). The zero-order valence-corrected chi connectivity index (χ0v) is 14.0. The van der Waals surface area contributed by atoms with E-state index < -0.39 is 0 Å². The van der Waals surface area contributed by atoms with Crippen molar-refractivity contribution in [3.63, 3.8) is 0 Å². The van der Waals surface area contributed by atoms with Crippen LogP contribution in [-0.4, -0.2) is 38.8 Å². The van der Waals surface area contributed by atoms with Crippen LogP contribution in [0.25, 0.3) is 0 Å². The number of nitrogens with one attached hydrogen (secondary N) is 1. The monoisotopic (exact) mass is 322 g/mol. The Labute approximate surface area is 137 Å². The number of nitrogens with two attached hydrogens (primary N) is 1. The van der Waals surface area contributed by atoms with Gasteiger partial charge in [0.1, 0.15) is 5.82 Å². The minimum atomic E-state index is -0.217. The Kier molecular flexibility index (Phi) is 6.65. The van der Waals surface area contributed by atoms with Crippen LogP contribution in [0.1, 0.15) is 25.8 Å². The van der Waals surface area contributed by atoms with Gasteiger partial charge in [-0.25, -0.2) is 9.38 Å². The maximum Gasteiger partial charge on any atom is 0.188 e. The molecule has 0 amide bonds. The molecule has 1 aliphatic rings. The first kappa shape index (κ1) is 17.5. The highest BCUT2D eigenvalue weighted by atomic mass is 19.1. The normalized spacial score (nSPS) is 16.0. The van der Waals surface area contributed by atoms with Gasteiger partial charge in [0, 0.05) is 19.6 Å². The van der Waals surface area contributed by atoms with Crippen LogP contribution < -0.4 is 16.0 Å². The van der Waals surface area contributed by atoms with E-state index >= 15 is 0 Å². The van der Waals surface area contributed by atoms with Gasteiger partial charge in [0.05, 0.1) is 25.4 Å². The van der Waals surface area contributed by atoms with E-state index in [1.165, 1.54) is 6.07 Å². The van der Waals surface area contributed by atoms with E-state index in [-0.39, 0.29) is 5.82 Å². The van der Waals surface area contributed by atoms with Crippen LogP contribution in [0.5, 0.6) is 0 Å². The predicted octanol–water partition coefficient (Wildman–Crippen LogP) is 2.11. The minimum absolute atomic E-state index is 0.217. The lowest BCUT2D eigenvalue weighted by Gasteiger charge is -2.29. The molecular weight excluding hydrogens is 295 g/mol. The number of aliphatic imine (C=N–C) groups is 1. The average molecular weight is 322 g/mol. The first-order chi connectivity index (χ1) is 11.1. The Balaban J connectivity index is 1.89. The van der Waals surface area contributed by atoms with Crippen LogP contribution in [0.15, 0.2) is 23.2 Å². The van der Waals surface area contributed by atoms with Crippen molar-refractivity contribution < 1.29 is 9.13 Å². The molecule has 0 unspecified atom stereocenters. The van der Waals surface area contributed by atoms with E-state index in [0.29, 0.717) is 37.3 Å². The highest BCUT2D eigenvalue weighted by molar-refractivity contribution is 5.77. The Bertz CT molecular complexity index is 527. The lowest BCUT2D eigenvalue weighted by molar-refractivity contribution is 0.122. The molecule has 1 aromatic carbocycles. The van der Waals surface area contributed by atoms with Gasteiger partial charge < -0.3 is 20.7 Å². The number of hydrogen-bond acceptors (Lipinski definition) is 3. The molecular formula is C17H27FN4O. The van der Waals surface area contributed by atoms with Gasteiger partial charge in [-0.05, 0) is 30.0 Å². The largest absolute Gasteiger partial charge is 0.378 e. The molecule has 1 fully saturated rings.